The van der Waals surface area contributed by atoms with E-state index in [9.17, 15) is 5.11 Å². The standard InChI is InChI=1S/C30H25OP.ClH/c31-29-23-13-14-24-30(29)32(25-15-5-1-6-16-25,26-17-7-2-8-18-26,27-19-9-3-10-20-27)28-21-11-4-12-22-28;/h1-24,31H;1H. The second-order valence-electron chi connectivity index (χ2n) is 7.95. The van der Waals surface area contributed by atoms with Gasteiger partial charge in [0.05, 0.1) is 0 Å². The van der Waals surface area contributed by atoms with E-state index in [-0.39, 0.29) is 12.4 Å². The molecule has 0 amide bonds. The maximum absolute atomic E-state index is 11.5. The fourth-order valence-corrected chi connectivity index (χ4v) is 12.1. The minimum absolute atomic E-state index is 0. The Morgan fingerprint density at radius 1 is 0.364 bits per heavy atom. The zero-order chi connectivity index (χ0) is 21.9. The van der Waals surface area contributed by atoms with E-state index >= 15 is 0 Å². The van der Waals surface area contributed by atoms with E-state index in [2.05, 4.69) is 127 Å². The Morgan fingerprint density at radius 3 is 0.939 bits per heavy atom. The number of aromatic hydroxyl groups is 1. The van der Waals surface area contributed by atoms with Crippen molar-refractivity contribution in [3.63, 3.8) is 0 Å². The molecule has 5 aromatic rings. The van der Waals surface area contributed by atoms with Crippen LogP contribution in [-0.2, 0) is 0 Å². The van der Waals surface area contributed by atoms with Crippen molar-refractivity contribution in [3.8, 4) is 5.75 Å². The number of rotatable bonds is 5. The van der Waals surface area contributed by atoms with Gasteiger partial charge in [0, 0.05) is 0 Å². The molecule has 0 radical (unpaired) electrons. The van der Waals surface area contributed by atoms with Crippen LogP contribution in [0.2, 0.25) is 0 Å². The maximum atomic E-state index is 11.5. The first kappa shape index (κ1) is 22.8. The Hall–Kier alpha value is -3.38. The summed E-state index contributed by atoms with van der Waals surface area (Å²) >= 11 is 0. The third-order valence-corrected chi connectivity index (χ3v) is 13.1. The normalized spacial score (nSPS) is 12.2. The second-order valence-corrected chi connectivity index (χ2v) is 12.7. The van der Waals surface area contributed by atoms with E-state index in [1.54, 1.807) is 0 Å². The Labute approximate surface area is 201 Å². The minimum atomic E-state index is -3.56. The number of para-hydroxylation sites is 1. The quantitative estimate of drug-likeness (QED) is 0.347. The molecule has 0 aliphatic rings. The molecule has 1 nitrogen and oxygen atoms in total. The van der Waals surface area contributed by atoms with Crippen molar-refractivity contribution in [2.45, 2.75) is 0 Å². The molecule has 0 saturated carbocycles. The van der Waals surface area contributed by atoms with E-state index in [1.807, 2.05) is 18.2 Å². The molecular formula is C30H26ClOP. The first-order valence-corrected chi connectivity index (χ1v) is 13.0. The molecule has 33 heavy (non-hydrogen) atoms. The van der Waals surface area contributed by atoms with Gasteiger partial charge in [-0.15, -0.1) is 12.4 Å². The van der Waals surface area contributed by atoms with Crippen LogP contribution in [0, 0.1) is 0 Å². The number of hydrogen-bond donors (Lipinski definition) is 1. The molecule has 0 unspecified atom stereocenters. The van der Waals surface area contributed by atoms with Gasteiger partial charge in [0.15, 0.2) is 0 Å². The summed E-state index contributed by atoms with van der Waals surface area (Å²) in [7, 11) is 0. The van der Waals surface area contributed by atoms with Crippen LogP contribution in [0.4, 0.5) is 0 Å². The molecule has 0 heterocycles. The van der Waals surface area contributed by atoms with Crippen molar-refractivity contribution in [2.75, 3.05) is 0 Å². The van der Waals surface area contributed by atoms with Crippen LogP contribution < -0.4 is 26.5 Å². The molecule has 5 aromatic carbocycles. The second kappa shape index (κ2) is 9.24. The van der Waals surface area contributed by atoms with Crippen LogP contribution in [0.25, 0.3) is 0 Å². The Kier molecular flexibility index (Phi) is 6.38. The van der Waals surface area contributed by atoms with Gasteiger partial charge in [0.25, 0.3) is 0 Å². The van der Waals surface area contributed by atoms with Gasteiger partial charge in [-0.25, -0.2) is 0 Å². The molecule has 0 aromatic heterocycles. The summed E-state index contributed by atoms with van der Waals surface area (Å²) < 4.78 is 0. The number of phenolic OH excluding ortho intramolecular Hbond substituents is 1. The van der Waals surface area contributed by atoms with Crippen LogP contribution in [0.3, 0.4) is 0 Å². The molecule has 0 aliphatic heterocycles. The van der Waals surface area contributed by atoms with E-state index in [4.69, 9.17) is 0 Å². The number of benzene rings is 5. The van der Waals surface area contributed by atoms with Crippen LogP contribution in [-0.4, -0.2) is 5.11 Å². The van der Waals surface area contributed by atoms with Gasteiger partial charge in [-0.3, -0.25) is 0 Å². The Balaban J connectivity index is 0.00000259. The molecule has 0 fully saturated rings. The monoisotopic (exact) mass is 468 g/mol. The molecule has 0 bridgehead atoms. The molecule has 5 rings (SSSR count). The predicted octanol–water partition coefficient (Wildman–Crippen LogP) is 5.29. The van der Waals surface area contributed by atoms with Gasteiger partial charge in [0.1, 0.15) is 0 Å². The molecule has 0 saturated heterocycles. The van der Waals surface area contributed by atoms with E-state index < -0.39 is 6.60 Å². The third-order valence-electron chi connectivity index (χ3n) is 6.45. The number of hydrogen-bond acceptors (Lipinski definition) is 1. The summed E-state index contributed by atoms with van der Waals surface area (Å²) in [6.07, 6.45) is 0. The van der Waals surface area contributed by atoms with Crippen LogP contribution >= 0.6 is 19.0 Å². The van der Waals surface area contributed by atoms with E-state index in [0.717, 1.165) is 5.30 Å². The van der Waals surface area contributed by atoms with Crippen LogP contribution in [0.1, 0.15) is 0 Å². The topological polar surface area (TPSA) is 20.2 Å². The van der Waals surface area contributed by atoms with Crippen molar-refractivity contribution in [3.05, 3.63) is 146 Å². The summed E-state index contributed by atoms with van der Waals surface area (Å²) in [6.45, 7) is -3.56. The van der Waals surface area contributed by atoms with Gasteiger partial charge in [-0.1, -0.05) is 0 Å². The number of phenols is 1. The van der Waals surface area contributed by atoms with Crippen molar-refractivity contribution in [2.24, 2.45) is 0 Å². The fourth-order valence-electron chi connectivity index (χ4n) is 5.20. The molecule has 0 aliphatic carbocycles. The van der Waals surface area contributed by atoms with Gasteiger partial charge in [-0.05, 0) is 0 Å². The first-order chi connectivity index (χ1) is 15.8. The summed E-state index contributed by atoms with van der Waals surface area (Å²) in [6, 6.07) is 50.7. The Bertz CT molecular complexity index is 1150. The predicted molar refractivity (Wildman–Crippen MR) is 146 cm³/mol. The molecule has 0 spiro atoms. The van der Waals surface area contributed by atoms with Gasteiger partial charge in [-0.2, -0.15) is 0 Å². The third kappa shape index (κ3) is 3.20. The SMILES string of the molecule is Cl.Oc1ccccc1P(c1ccccc1)(c1ccccc1)(c1ccccc1)c1ccccc1. The van der Waals surface area contributed by atoms with Crippen LogP contribution in [0.15, 0.2) is 146 Å². The summed E-state index contributed by atoms with van der Waals surface area (Å²) in [5, 5.41) is 17.2. The first-order valence-electron chi connectivity index (χ1n) is 10.8. The molecular weight excluding hydrogens is 443 g/mol. The van der Waals surface area contributed by atoms with Crippen molar-refractivity contribution in [1.82, 2.24) is 0 Å². The number of halogens is 1. The zero-order valence-electron chi connectivity index (χ0n) is 18.2. The van der Waals surface area contributed by atoms with E-state index in [0.29, 0.717) is 5.75 Å². The zero-order valence-corrected chi connectivity index (χ0v) is 19.9. The van der Waals surface area contributed by atoms with Gasteiger partial charge >= 0.3 is 190 Å². The van der Waals surface area contributed by atoms with Gasteiger partial charge in [0.2, 0.25) is 0 Å². The molecule has 164 valence electrons. The van der Waals surface area contributed by atoms with Gasteiger partial charge < -0.3 is 0 Å². The summed E-state index contributed by atoms with van der Waals surface area (Å²) in [4.78, 5) is 0. The average Bonchev–Trinajstić information content (AvgIpc) is 2.89. The van der Waals surface area contributed by atoms with Crippen molar-refractivity contribution >= 4 is 45.5 Å². The van der Waals surface area contributed by atoms with E-state index in [1.165, 1.54) is 21.2 Å². The Morgan fingerprint density at radius 2 is 0.636 bits per heavy atom. The van der Waals surface area contributed by atoms with Crippen molar-refractivity contribution < 1.29 is 5.11 Å². The van der Waals surface area contributed by atoms with Crippen molar-refractivity contribution in [1.29, 1.82) is 0 Å². The average molecular weight is 469 g/mol. The van der Waals surface area contributed by atoms with Crippen LogP contribution in [0.5, 0.6) is 5.75 Å². The molecule has 3 heteroatoms. The fraction of sp³-hybridized carbons (Fsp3) is 0. The summed E-state index contributed by atoms with van der Waals surface area (Å²) in [5.74, 6) is 0.311. The molecule has 1 N–H and O–H groups in total. The molecule has 0 atom stereocenters. The summed E-state index contributed by atoms with van der Waals surface area (Å²) in [5.41, 5.74) is 0.